The number of carbonyl (C=O) groups excluding carboxylic acids is 2. The summed E-state index contributed by atoms with van der Waals surface area (Å²) in [5.41, 5.74) is 2.36. The Morgan fingerprint density at radius 3 is 2.45 bits per heavy atom. The van der Waals surface area contributed by atoms with Gasteiger partial charge in [0.05, 0.1) is 29.7 Å². The number of aromatic nitrogens is 2. The van der Waals surface area contributed by atoms with E-state index >= 15 is 0 Å². The van der Waals surface area contributed by atoms with E-state index in [0.717, 1.165) is 31.4 Å². The maximum absolute atomic E-state index is 13.2. The molecule has 2 unspecified atom stereocenters. The van der Waals surface area contributed by atoms with E-state index in [4.69, 9.17) is 4.74 Å². The molecule has 0 radical (unpaired) electrons. The molecular formula is C24H32N4O3. The lowest BCUT2D eigenvalue weighted by atomic mass is 9.79. The van der Waals surface area contributed by atoms with Crippen molar-refractivity contribution in [2.24, 2.45) is 5.92 Å². The van der Waals surface area contributed by atoms with Crippen LogP contribution in [0.15, 0.2) is 36.5 Å². The van der Waals surface area contributed by atoms with Crippen LogP contribution in [0, 0.1) is 5.92 Å². The second-order valence-electron chi connectivity index (χ2n) is 8.96. The Morgan fingerprint density at radius 2 is 1.77 bits per heavy atom. The van der Waals surface area contributed by atoms with E-state index in [1.54, 1.807) is 6.20 Å². The highest BCUT2D eigenvalue weighted by atomic mass is 16.5. The van der Waals surface area contributed by atoms with E-state index in [2.05, 4.69) is 15.5 Å². The Kier molecular flexibility index (Phi) is 6.70. The van der Waals surface area contributed by atoms with Crippen LogP contribution in [0.4, 0.5) is 0 Å². The van der Waals surface area contributed by atoms with Gasteiger partial charge in [-0.1, -0.05) is 18.2 Å². The first kappa shape index (κ1) is 21.6. The highest BCUT2D eigenvalue weighted by molar-refractivity contribution is 5.95. The number of hydrogen-bond acceptors (Lipinski definition) is 4. The third-order valence-electron chi connectivity index (χ3n) is 6.45. The quantitative estimate of drug-likeness (QED) is 0.770. The normalized spacial score (nSPS) is 26.5. The van der Waals surface area contributed by atoms with E-state index in [1.165, 1.54) is 0 Å². The molecule has 2 aromatic rings. The summed E-state index contributed by atoms with van der Waals surface area (Å²) >= 11 is 0. The Labute approximate surface area is 183 Å². The van der Waals surface area contributed by atoms with Gasteiger partial charge in [-0.3, -0.25) is 14.7 Å². The molecule has 4 rings (SSSR count). The average Bonchev–Trinajstić information content (AvgIpc) is 3.27. The Bertz CT molecular complexity index is 879. The van der Waals surface area contributed by atoms with Crippen LogP contribution in [-0.2, 0) is 4.74 Å². The van der Waals surface area contributed by atoms with Crippen molar-refractivity contribution in [3.05, 3.63) is 53.3 Å². The minimum atomic E-state index is -0.0156. The fraction of sp³-hybridized carbons (Fsp3) is 0.542. The van der Waals surface area contributed by atoms with Gasteiger partial charge in [-0.15, -0.1) is 0 Å². The summed E-state index contributed by atoms with van der Waals surface area (Å²) in [6, 6.07) is 9.33. The molecule has 1 aliphatic heterocycles. The van der Waals surface area contributed by atoms with Crippen molar-refractivity contribution in [1.29, 1.82) is 0 Å². The summed E-state index contributed by atoms with van der Waals surface area (Å²) in [6.07, 6.45) is 5.80. The number of nitrogens with one attached hydrogen (secondary N) is 2. The summed E-state index contributed by atoms with van der Waals surface area (Å²) in [7, 11) is 0. The van der Waals surface area contributed by atoms with Crippen LogP contribution in [0.5, 0.6) is 0 Å². The van der Waals surface area contributed by atoms with Gasteiger partial charge in [-0.2, -0.15) is 5.10 Å². The molecule has 2 fully saturated rings. The Balaban J connectivity index is 1.31. The van der Waals surface area contributed by atoms with Crippen LogP contribution in [0.3, 0.4) is 0 Å². The summed E-state index contributed by atoms with van der Waals surface area (Å²) in [5, 5.41) is 10.4. The predicted molar refractivity (Wildman–Crippen MR) is 118 cm³/mol. The van der Waals surface area contributed by atoms with Gasteiger partial charge >= 0.3 is 0 Å². The maximum atomic E-state index is 13.2. The minimum Gasteiger partial charge on any atom is -0.372 e. The predicted octanol–water partition coefficient (Wildman–Crippen LogP) is 3.36. The number of ether oxygens (including phenoxy) is 1. The second kappa shape index (κ2) is 9.64. The summed E-state index contributed by atoms with van der Waals surface area (Å²) < 4.78 is 5.76. The smallest absolute Gasteiger partial charge is 0.257 e. The van der Waals surface area contributed by atoms with Gasteiger partial charge in [-0.25, -0.2) is 0 Å². The summed E-state index contributed by atoms with van der Waals surface area (Å²) in [6.45, 7) is 5.93. The van der Waals surface area contributed by atoms with E-state index < -0.39 is 0 Å². The third-order valence-corrected chi connectivity index (χ3v) is 6.45. The van der Waals surface area contributed by atoms with Crippen LogP contribution in [-0.4, -0.2) is 58.8 Å². The number of morpholine rings is 1. The van der Waals surface area contributed by atoms with Gasteiger partial charge < -0.3 is 15.0 Å². The monoisotopic (exact) mass is 424 g/mol. The van der Waals surface area contributed by atoms with Crippen molar-refractivity contribution in [1.82, 2.24) is 20.4 Å². The van der Waals surface area contributed by atoms with Crippen LogP contribution < -0.4 is 5.32 Å². The third kappa shape index (κ3) is 5.15. The molecular weight excluding hydrogens is 392 g/mol. The number of aromatic amines is 1. The molecule has 1 aromatic carbocycles. The molecule has 2 aliphatic rings. The number of benzene rings is 1. The highest BCUT2D eigenvalue weighted by Gasteiger charge is 2.32. The number of amides is 2. The van der Waals surface area contributed by atoms with Crippen LogP contribution in [0.25, 0.3) is 0 Å². The van der Waals surface area contributed by atoms with Crippen molar-refractivity contribution in [3.63, 3.8) is 0 Å². The topological polar surface area (TPSA) is 87.3 Å². The summed E-state index contributed by atoms with van der Waals surface area (Å²) in [5.74, 6) is 0.798. The lowest BCUT2D eigenvalue weighted by molar-refractivity contribution is -0.0586. The van der Waals surface area contributed by atoms with Gasteiger partial charge in [0.2, 0.25) is 0 Å². The molecule has 166 valence electrons. The SMILES string of the molecule is CC1CN(C(=O)c2cn[nH]c2C2CCC(CNC(=O)c3ccccc3)CC2)CC(C)O1. The molecule has 0 bridgehead atoms. The molecule has 2 heterocycles. The minimum absolute atomic E-state index is 0.0156. The van der Waals surface area contributed by atoms with Gasteiger partial charge in [0.15, 0.2) is 0 Å². The lowest BCUT2D eigenvalue weighted by Crippen LogP contribution is -2.48. The fourth-order valence-corrected chi connectivity index (χ4v) is 4.88. The van der Waals surface area contributed by atoms with Gasteiger partial charge in [0.1, 0.15) is 0 Å². The molecule has 31 heavy (non-hydrogen) atoms. The standard InChI is InChI=1S/C24H32N4O3/c1-16-14-28(15-17(2)31-16)24(30)21-13-26-27-22(21)19-10-8-18(9-11-19)12-25-23(29)20-6-4-3-5-7-20/h3-7,13,16-19H,8-12,14-15H2,1-2H3,(H,25,29)(H,26,27). The van der Waals surface area contributed by atoms with Crippen molar-refractivity contribution >= 4 is 11.8 Å². The molecule has 1 aromatic heterocycles. The fourth-order valence-electron chi connectivity index (χ4n) is 4.88. The number of H-pyrrole nitrogens is 1. The average molecular weight is 425 g/mol. The van der Waals surface area contributed by atoms with Crippen molar-refractivity contribution < 1.29 is 14.3 Å². The van der Waals surface area contributed by atoms with E-state index in [9.17, 15) is 9.59 Å². The lowest BCUT2D eigenvalue weighted by Gasteiger charge is -2.35. The van der Waals surface area contributed by atoms with E-state index in [1.807, 2.05) is 49.1 Å². The first-order chi connectivity index (χ1) is 15.0. The van der Waals surface area contributed by atoms with Gasteiger partial charge in [0.25, 0.3) is 11.8 Å². The molecule has 0 spiro atoms. The van der Waals surface area contributed by atoms with Gasteiger partial charge in [-0.05, 0) is 57.6 Å². The zero-order valence-electron chi connectivity index (χ0n) is 18.3. The van der Waals surface area contributed by atoms with Crippen LogP contribution >= 0.6 is 0 Å². The van der Waals surface area contributed by atoms with E-state index in [-0.39, 0.29) is 24.0 Å². The Morgan fingerprint density at radius 1 is 1.10 bits per heavy atom. The van der Waals surface area contributed by atoms with Crippen molar-refractivity contribution in [2.75, 3.05) is 19.6 Å². The zero-order valence-corrected chi connectivity index (χ0v) is 18.3. The van der Waals surface area contributed by atoms with Crippen molar-refractivity contribution in [3.8, 4) is 0 Å². The molecule has 1 saturated carbocycles. The Hall–Kier alpha value is -2.67. The maximum Gasteiger partial charge on any atom is 0.257 e. The van der Waals surface area contributed by atoms with Gasteiger partial charge in [0, 0.05) is 31.1 Å². The molecule has 2 amide bonds. The number of rotatable bonds is 5. The largest absolute Gasteiger partial charge is 0.372 e. The molecule has 2 atom stereocenters. The number of hydrogen-bond donors (Lipinski definition) is 2. The molecule has 1 saturated heterocycles. The molecule has 2 N–H and O–H groups in total. The molecule has 1 aliphatic carbocycles. The highest BCUT2D eigenvalue weighted by Crippen LogP contribution is 2.36. The zero-order chi connectivity index (χ0) is 21.8. The first-order valence-electron chi connectivity index (χ1n) is 11.3. The summed E-state index contributed by atoms with van der Waals surface area (Å²) in [4.78, 5) is 27.3. The molecule has 7 nitrogen and oxygen atoms in total. The number of nitrogens with zero attached hydrogens (tertiary/aromatic N) is 2. The first-order valence-corrected chi connectivity index (χ1v) is 11.3. The second-order valence-corrected chi connectivity index (χ2v) is 8.96. The van der Waals surface area contributed by atoms with Crippen molar-refractivity contribution in [2.45, 2.75) is 57.7 Å². The van der Waals surface area contributed by atoms with Crippen LogP contribution in [0.1, 0.15) is 71.9 Å². The molecule has 7 heteroatoms. The number of carbonyl (C=O) groups is 2. The van der Waals surface area contributed by atoms with E-state index in [0.29, 0.717) is 42.6 Å². The van der Waals surface area contributed by atoms with Crippen LogP contribution in [0.2, 0.25) is 0 Å².